The van der Waals surface area contributed by atoms with Crippen molar-refractivity contribution in [3.8, 4) is 5.75 Å². The standard InChI is InChI=1S/C13H16N2O2/c1-16-12-4-2-3-11-10(12)5-8-17-13(11)15-7-6-14-9-15/h2-4,9,13H,5-8H2,1H3. The second kappa shape index (κ2) is 4.37. The predicted octanol–water partition coefficient (Wildman–Crippen LogP) is 1.61. The molecule has 0 aromatic heterocycles. The lowest BCUT2D eigenvalue weighted by atomic mass is 9.99. The summed E-state index contributed by atoms with van der Waals surface area (Å²) in [5.74, 6) is 0.965. The SMILES string of the molecule is COc1cccc2c1CCOC2N1C=NCC1. The lowest BCUT2D eigenvalue weighted by molar-refractivity contribution is -0.0317. The van der Waals surface area contributed by atoms with E-state index in [1.807, 2.05) is 18.5 Å². The summed E-state index contributed by atoms with van der Waals surface area (Å²) in [4.78, 5) is 6.40. The highest BCUT2D eigenvalue weighted by atomic mass is 16.5. The quantitative estimate of drug-likeness (QED) is 0.777. The van der Waals surface area contributed by atoms with Crippen LogP contribution >= 0.6 is 0 Å². The van der Waals surface area contributed by atoms with E-state index >= 15 is 0 Å². The Morgan fingerprint density at radius 3 is 3.18 bits per heavy atom. The molecule has 0 fully saturated rings. The fourth-order valence-electron chi connectivity index (χ4n) is 2.48. The van der Waals surface area contributed by atoms with Crippen LogP contribution < -0.4 is 4.74 Å². The first kappa shape index (κ1) is 10.6. The van der Waals surface area contributed by atoms with Crippen molar-refractivity contribution in [2.75, 3.05) is 26.8 Å². The van der Waals surface area contributed by atoms with Gasteiger partial charge >= 0.3 is 0 Å². The molecule has 90 valence electrons. The number of methoxy groups -OCH3 is 1. The molecule has 3 rings (SSSR count). The molecule has 2 aliphatic heterocycles. The zero-order valence-electron chi connectivity index (χ0n) is 9.93. The lowest BCUT2D eigenvalue weighted by Gasteiger charge is -2.32. The summed E-state index contributed by atoms with van der Waals surface area (Å²) < 4.78 is 11.3. The van der Waals surface area contributed by atoms with Crippen molar-refractivity contribution >= 4 is 6.34 Å². The Labute approximate surface area is 101 Å². The van der Waals surface area contributed by atoms with E-state index in [2.05, 4.69) is 16.0 Å². The topological polar surface area (TPSA) is 34.1 Å². The van der Waals surface area contributed by atoms with Gasteiger partial charge in [-0.2, -0.15) is 0 Å². The number of hydrogen-bond acceptors (Lipinski definition) is 4. The maximum atomic E-state index is 5.87. The minimum atomic E-state index is 0.0000926. The van der Waals surface area contributed by atoms with Crippen LogP contribution in [0, 0.1) is 0 Å². The van der Waals surface area contributed by atoms with Crippen LogP contribution in [0.2, 0.25) is 0 Å². The minimum Gasteiger partial charge on any atom is -0.496 e. The Bertz CT molecular complexity index is 445. The van der Waals surface area contributed by atoms with Gasteiger partial charge in [-0.15, -0.1) is 0 Å². The molecule has 4 nitrogen and oxygen atoms in total. The molecule has 1 aromatic carbocycles. The van der Waals surface area contributed by atoms with Crippen LogP contribution in [0.1, 0.15) is 17.4 Å². The molecule has 1 atom stereocenters. The molecule has 0 saturated carbocycles. The summed E-state index contributed by atoms with van der Waals surface area (Å²) >= 11 is 0. The van der Waals surface area contributed by atoms with E-state index in [0.717, 1.165) is 31.9 Å². The van der Waals surface area contributed by atoms with Crippen LogP contribution in [0.4, 0.5) is 0 Å². The summed E-state index contributed by atoms with van der Waals surface area (Å²) in [6, 6.07) is 6.15. The lowest BCUT2D eigenvalue weighted by Crippen LogP contribution is -2.32. The summed E-state index contributed by atoms with van der Waals surface area (Å²) in [6.07, 6.45) is 2.81. The van der Waals surface area contributed by atoms with Crippen molar-refractivity contribution in [3.63, 3.8) is 0 Å². The molecule has 1 unspecified atom stereocenters. The van der Waals surface area contributed by atoms with Gasteiger partial charge in [-0.25, -0.2) is 0 Å². The third-order valence-corrected chi connectivity index (χ3v) is 3.30. The van der Waals surface area contributed by atoms with Gasteiger partial charge in [0, 0.05) is 17.7 Å². The molecule has 17 heavy (non-hydrogen) atoms. The number of nitrogens with zero attached hydrogens (tertiary/aromatic N) is 2. The molecule has 1 aromatic rings. The van der Waals surface area contributed by atoms with E-state index < -0.39 is 0 Å². The summed E-state index contributed by atoms with van der Waals surface area (Å²) in [7, 11) is 1.72. The molecule has 0 radical (unpaired) electrons. The number of ether oxygens (including phenoxy) is 2. The fraction of sp³-hybridized carbons (Fsp3) is 0.462. The van der Waals surface area contributed by atoms with E-state index in [-0.39, 0.29) is 6.23 Å². The van der Waals surface area contributed by atoms with Crippen LogP contribution in [0.3, 0.4) is 0 Å². The molecule has 0 aliphatic carbocycles. The summed E-state index contributed by atoms with van der Waals surface area (Å²) in [6.45, 7) is 2.53. The zero-order chi connectivity index (χ0) is 11.7. The number of aliphatic imine (C=N–C) groups is 1. The maximum absolute atomic E-state index is 5.87. The van der Waals surface area contributed by atoms with Crippen molar-refractivity contribution in [1.29, 1.82) is 0 Å². The van der Waals surface area contributed by atoms with E-state index in [4.69, 9.17) is 9.47 Å². The minimum absolute atomic E-state index is 0.0000926. The number of benzene rings is 1. The monoisotopic (exact) mass is 232 g/mol. The van der Waals surface area contributed by atoms with Crippen molar-refractivity contribution in [3.05, 3.63) is 29.3 Å². The van der Waals surface area contributed by atoms with Crippen LogP contribution in [0.5, 0.6) is 5.75 Å². The molecular weight excluding hydrogens is 216 g/mol. The first-order valence-corrected chi connectivity index (χ1v) is 5.93. The predicted molar refractivity (Wildman–Crippen MR) is 65.5 cm³/mol. The van der Waals surface area contributed by atoms with Gasteiger partial charge in [0.1, 0.15) is 5.75 Å². The zero-order valence-corrected chi connectivity index (χ0v) is 9.93. The van der Waals surface area contributed by atoms with Gasteiger partial charge in [-0.1, -0.05) is 12.1 Å². The highest BCUT2D eigenvalue weighted by molar-refractivity contribution is 5.58. The van der Waals surface area contributed by atoms with Gasteiger partial charge in [0.15, 0.2) is 6.23 Å². The largest absolute Gasteiger partial charge is 0.496 e. The molecule has 4 heteroatoms. The van der Waals surface area contributed by atoms with Crippen LogP contribution in [0.25, 0.3) is 0 Å². The molecule has 2 heterocycles. The van der Waals surface area contributed by atoms with E-state index in [1.165, 1.54) is 11.1 Å². The first-order valence-electron chi connectivity index (χ1n) is 5.93. The van der Waals surface area contributed by atoms with Gasteiger partial charge in [-0.05, 0) is 12.5 Å². The Balaban J connectivity index is 1.98. The van der Waals surface area contributed by atoms with Gasteiger partial charge in [0.05, 0.1) is 26.6 Å². The second-order valence-corrected chi connectivity index (χ2v) is 4.26. The Morgan fingerprint density at radius 1 is 1.47 bits per heavy atom. The normalized spacial score (nSPS) is 22.6. The first-order chi connectivity index (χ1) is 8.40. The van der Waals surface area contributed by atoms with E-state index in [1.54, 1.807) is 7.11 Å². The van der Waals surface area contributed by atoms with E-state index in [0.29, 0.717) is 0 Å². The van der Waals surface area contributed by atoms with Crippen molar-refractivity contribution in [2.24, 2.45) is 4.99 Å². The van der Waals surface area contributed by atoms with Gasteiger partial charge < -0.3 is 14.4 Å². The van der Waals surface area contributed by atoms with Gasteiger partial charge in [0.2, 0.25) is 0 Å². The molecule has 2 aliphatic rings. The third-order valence-electron chi connectivity index (χ3n) is 3.30. The Hall–Kier alpha value is -1.55. The van der Waals surface area contributed by atoms with Gasteiger partial charge in [-0.3, -0.25) is 4.99 Å². The number of rotatable bonds is 2. The fourth-order valence-corrected chi connectivity index (χ4v) is 2.48. The molecule has 0 spiro atoms. The maximum Gasteiger partial charge on any atom is 0.157 e. The van der Waals surface area contributed by atoms with Crippen molar-refractivity contribution < 1.29 is 9.47 Å². The third kappa shape index (κ3) is 1.78. The second-order valence-electron chi connectivity index (χ2n) is 4.26. The summed E-state index contributed by atoms with van der Waals surface area (Å²) in [5.41, 5.74) is 2.48. The molecular formula is C13H16N2O2. The number of hydrogen-bond donors (Lipinski definition) is 0. The van der Waals surface area contributed by atoms with Crippen LogP contribution in [-0.4, -0.2) is 38.0 Å². The molecule has 0 saturated heterocycles. The smallest absolute Gasteiger partial charge is 0.157 e. The van der Waals surface area contributed by atoms with Crippen LogP contribution in [-0.2, 0) is 11.2 Å². The van der Waals surface area contributed by atoms with Crippen molar-refractivity contribution in [2.45, 2.75) is 12.6 Å². The Morgan fingerprint density at radius 2 is 2.41 bits per heavy atom. The average molecular weight is 232 g/mol. The number of fused-ring (bicyclic) bond motifs is 1. The van der Waals surface area contributed by atoms with Gasteiger partial charge in [0.25, 0.3) is 0 Å². The van der Waals surface area contributed by atoms with Crippen molar-refractivity contribution in [1.82, 2.24) is 4.90 Å². The summed E-state index contributed by atoms with van der Waals surface area (Å²) in [5, 5.41) is 0. The van der Waals surface area contributed by atoms with Crippen LogP contribution in [0.15, 0.2) is 23.2 Å². The molecule has 0 bridgehead atoms. The highest BCUT2D eigenvalue weighted by Gasteiger charge is 2.28. The van der Waals surface area contributed by atoms with E-state index in [9.17, 15) is 0 Å². The molecule has 0 amide bonds. The Kier molecular flexibility index (Phi) is 2.73. The average Bonchev–Trinajstić information content (AvgIpc) is 2.91. The molecule has 0 N–H and O–H groups in total. The highest BCUT2D eigenvalue weighted by Crippen LogP contribution is 2.34.